The topological polar surface area (TPSA) is 49.3 Å². The van der Waals surface area contributed by atoms with E-state index in [1.165, 1.54) is 13.1 Å². The molecule has 0 aliphatic heterocycles. The summed E-state index contributed by atoms with van der Waals surface area (Å²) in [6, 6.07) is 2.10. The van der Waals surface area contributed by atoms with Crippen molar-refractivity contribution < 1.29 is 22.8 Å². The van der Waals surface area contributed by atoms with Gasteiger partial charge in [-0.3, -0.25) is 0 Å². The van der Waals surface area contributed by atoms with Crippen molar-refractivity contribution in [1.29, 1.82) is 0 Å². The minimum Gasteiger partial charge on any atom is -0.478 e. The monoisotopic (exact) mass is 232 g/mol. The number of carboxylic acid groups (broad SMARTS) is 1. The highest BCUT2D eigenvalue weighted by Crippen LogP contribution is 2.19. The number of benzene rings is 1. The summed E-state index contributed by atoms with van der Waals surface area (Å²) in [5.74, 6) is -1.36. The van der Waals surface area contributed by atoms with Crippen LogP contribution in [0.1, 0.15) is 15.9 Å². The predicted octanol–water partition coefficient (Wildman–Crippen LogP) is 1.79. The van der Waals surface area contributed by atoms with Gasteiger partial charge in [0.25, 0.3) is 0 Å². The fraction of sp³-hybridized carbons (Fsp3) is 0.222. The number of aromatic carboxylic acids is 1. The molecule has 0 bridgehead atoms. The molecule has 0 unspecified atom stereocenters. The molecular weight excluding hydrogens is 222 g/mol. The average molecular weight is 232 g/mol. The lowest BCUT2D eigenvalue weighted by molar-refractivity contribution is 0.0696. The zero-order valence-electron chi connectivity index (χ0n) is 8.72. The molecule has 3 nitrogen and oxygen atoms in total. The van der Waals surface area contributed by atoms with Crippen molar-refractivity contribution in [1.82, 2.24) is 0 Å². The van der Waals surface area contributed by atoms with Crippen LogP contribution in [0, 0.1) is 6.92 Å². The minimum atomic E-state index is -5.21. The molecule has 0 aliphatic carbocycles. The van der Waals surface area contributed by atoms with Gasteiger partial charge in [-0.25, -0.2) is 4.79 Å². The van der Waals surface area contributed by atoms with Crippen LogP contribution in [0.5, 0.6) is 0 Å². The Morgan fingerprint density at radius 1 is 1.38 bits per heavy atom. The van der Waals surface area contributed by atoms with E-state index in [1.54, 1.807) is 0 Å². The third-order valence-corrected chi connectivity index (χ3v) is 2.32. The molecule has 1 rings (SSSR count). The molecule has 2 N–H and O–H groups in total. The van der Waals surface area contributed by atoms with E-state index in [4.69, 9.17) is 5.11 Å². The van der Waals surface area contributed by atoms with Crippen LogP contribution in [-0.2, 0) is 0 Å². The van der Waals surface area contributed by atoms with Crippen LogP contribution < -0.4 is 10.8 Å². The molecule has 0 heterocycles. The summed E-state index contributed by atoms with van der Waals surface area (Å²) >= 11 is 0. The third-order valence-electron chi connectivity index (χ3n) is 2.32. The summed E-state index contributed by atoms with van der Waals surface area (Å²) in [6.45, 7) is -4.05. The molecule has 0 radical (unpaired) electrons. The molecule has 0 aromatic heterocycles. The number of anilines is 1. The average Bonchev–Trinajstić information content (AvgIpc) is 2.15. The van der Waals surface area contributed by atoms with Gasteiger partial charge in [-0.05, 0) is 13.0 Å². The van der Waals surface area contributed by atoms with Gasteiger partial charge in [-0.2, -0.15) is 0 Å². The zero-order chi connectivity index (χ0) is 12.5. The summed E-state index contributed by atoms with van der Waals surface area (Å²) in [6.07, 6.45) is 0. The van der Waals surface area contributed by atoms with Gasteiger partial charge in [0.15, 0.2) is 0 Å². The smallest absolute Gasteiger partial charge is 0.478 e. The van der Waals surface area contributed by atoms with Crippen molar-refractivity contribution in [3.8, 4) is 0 Å². The van der Waals surface area contributed by atoms with Crippen LogP contribution in [0.4, 0.5) is 18.6 Å². The van der Waals surface area contributed by atoms with Crippen molar-refractivity contribution in [2.24, 2.45) is 0 Å². The Bertz CT molecular complexity index is 431. The Hall–Kier alpha value is -1.66. The summed E-state index contributed by atoms with van der Waals surface area (Å²) in [5, 5.41) is 11.3. The number of carboxylic acids is 1. The Kier molecular flexibility index (Phi) is 3.16. The van der Waals surface area contributed by atoms with E-state index in [-0.39, 0.29) is 16.8 Å². The number of rotatable bonds is 3. The maximum absolute atomic E-state index is 12.7. The highest BCUT2D eigenvalue weighted by Gasteiger charge is 2.29. The zero-order valence-corrected chi connectivity index (χ0v) is 8.72. The largest absolute Gasteiger partial charge is 0.509 e. The Morgan fingerprint density at radius 3 is 2.31 bits per heavy atom. The quantitative estimate of drug-likeness (QED) is 0.781. The fourth-order valence-electron chi connectivity index (χ4n) is 1.44. The molecule has 16 heavy (non-hydrogen) atoms. The molecule has 0 atom stereocenters. The first-order valence-corrected chi connectivity index (χ1v) is 4.53. The first kappa shape index (κ1) is 12.4. The van der Waals surface area contributed by atoms with E-state index < -0.39 is 18.4 Å². The maximum atomic E-state index is 12.7. The van der Waals surface area contributed by atoms with Crippen molar-refractivity contribution in [2.45, 2.75) is 6.92 Å². The van der Waals surface area contributed by atoms with Gasteiger partial charge in [-0.1, -0.05) is 11.6 Å². The van der Waals surface area contributed by atoms with E-state index >= 15 is 0 Å². The van der Waals surface area contributed by atoms with Gasteiger partial charge in [0.2, 0.25) is 0 Å². The van der Waals surface area contributed by atoms with Crippen molar-refractivity contribution in [3.63, 3.8) is 0 Å². The van der Waals surface area contributed by atoms with E-state index in [0.717, 1.165) is 13.0 Å². The Balaban J connectivity index is 3.50. The number of hydrogen-bond acceptors (Lipinski definition) is 2. The standard InChI is InChI=1S/C9H10BF3NO2/c1-5-7(9(15)16)3-6(14-2)4-8(5)10(11,12)13/h3-4,14H,1-2H3,(H,15,16)/q-1. The lowest BCUT2D eigenvalue weighted by Gasteiger charge is -2.20. The lowest BCUT2D eigenvalue weighted by atomic mass is 9.75. The lowest BCUT2D eigenvalue weighted by Crippen LogP contribution is -2.37. The number of nitrogens with one attached hydrogen (secondary N) is 1. The SMILES string of the molecule is CNc1cc(C(=O)O)c(C)c([B-](F)(F)F)c1. The van der Waals surface area contributed by atoms with E-state index in [9.17, 15) is 17.7 Å². The Morgan fingerprint density at radius 2 is 1.94 bits per heavy atom. The molecule has 7 heteroatoms. The first-order valence-electron chi connectivity index (χ1n) is 4.53. The van der Waals surface area contributed by atoms with Crippen LogP contribution in [-0.4, -0.2) is 25.1 Å². The summed E-state index contributed by atoms with van der Waals surface area (Å²) < 4.78 is 38.0. The van der Waals surface area contributed by atoms with Crippen LogP contribution in [0.25, 0.3) is 0 Å². The second kappa shape index (κ2) is 4.07. The van der Waals surface area contributed by atoms with Crippen LogP contribution in [0.15, 0.2) is 12.1 Å². The normalized spacial score (nSPS) is 11.3. The molecule has 0 spiro atoms. The van der Waals surface area contributed by atoms with Crippen LogP contribution in [0.3, 0.4) is 0 Å². The third kappa shape index (κ3) is 2.29. The highest BCUT2D eigenvalue weighted by atomic mass is 19.4. The molecule has 0 saturated carbocycles. The van der Waals surface area contributed by atoms with Crippen molar-refractivity contribution in [3.05, 3.63) is 23.3 Å². The summed E-state index contributed by atoms with van der Waals surface area (Å²) in [7, 11) is 1.43. The molecular formula is C9H10BF3NO2-. The molecule has 0 fully saturated rings. The van der Waals surface area contributed by atoms with Crippen LogP contribution in [0.2, 0.25) is 0 Å². The van der Waals surface area contributed by atoms with Gasteiger partial charge in [0.05, 0.1) is 5.56 Å². The number of hydrogen-bond donors (Lipinski definition) is 2. The molecule has 1 aromatic rings. The maximum Gasteiger partial charge on any atom is 0.509 e. The Labute approximate surface area is 90.3 Å². The highest BCUT2D eigenvalue weighted by molar-refractivity contribution is 6.74. The number of halogens is 3. The second-order valence-electron chi connectivity index (χ2n) is 3.37. The van der Waals surface area contributed by atoms with Gasteiger partial charge in [0.1, 0.15) is 0 Å². The molecule has 0 saturated heterocycles. The minimum absolute atomic E-state index is 0.136. The molecule has 1 aromatic carbocycles. The van der Waals surface area contributed by atoms with Gasteiger partial charge < -0.3 is 23.4 Å². The van der Waals surface area contributed by atoms with Gasteiger partial charge in [0, 0.05) is 12.7 Å². The fourth-order valence-corrected chi connectivity index (χ4v) is 1.44. The second-order valence-corrected chi connectivity index (χ2v) is 3.37. The van der Waals surface area contributed by atoms with E-state index in [0.29, 0.717) is 0 Å². The van der Waals surface area contributed by atoms with Crippen LogP contribution >= 0.6 is 0 Å². The molecule has 88 valence electrons. The summed E-state index contributed by atoms with van der Waals surface area (Å²) in [4.78, 5) is 10.8. The van der Waals surface area contributed by atoms with Crippen molar-refractivity contribution in [2.75, 3.05) is 12.4 Å². The first-order chi connectivity index (χ1) is 7.27. The molecule has 0 aliphatic rings. The van der Waals surface area contributed by atoms with Crippen molar-refractivity contribution >= 4 is 24.1 Å². The molecule has 0 amide bonds. The summed E-state index contributed by atoms with van der Waals surface area (Å²) in [5.41, 5.74) is -1.32. The van der Waals surface area contributed by atoms with Gasteiger partial charge in [-0.15, -0.1) is 5.46 Å². The van der Waals surface area contributed by atoms with E-state index in [2.05, 4.69) is 5.32 Å². The predicted molar refractivity (Wildman–Crippen MR) is 56.4 cm³/mol. The number of carbonyl (C=O) groups is 1. The van der Waals surface area contributed by atoms with Gasteiger partial charge >= 0.3 is 12.9 Å². The van der Waals surface area contributed by atoms with E-state index in [1.807, 2.05) is 0 Å².